The van der Waals surface area contributed by atoms with Crippen LogP contribution in [0.25, 0.3) is 0 Å². The van der Waals surface area contributed by atoms with Crippen molar-refractivity contribution in [2.45, 2.75) is 13.0 Å². The van der Waals surface area contributed by atoms with E-state index in [1.807, 2.05) is 36.2 Å². The molecule has 0 fully saturated rings. The molecule has 1 heterocycles. The van der Waals surface area contributed by atoms with Crippen molar-refractivity contribution in [3.8, 4) is 0 Å². The van der Waals surface area contributed by atoms with Gasteiger partial charge in [0.2, 0.25) is 0 Å². The van der Waals surface area contributed by atoms with Crippen LogP contribution in [0.5, 0.6) is 0 Å². The van der Waals surface area contributed by atoms with Crippen molar-refractivity contribution in [3.05, 3.63) is 24.3 Å². The predicted molar refractivity (Wildman–Crippen MR) is 64.2 cm³/mol. The lowest BCUT2D eigenvalue weighted by Crippen LogP contribution is -2.46. The molecule has 0 saturated carbocycles. The zero-order valence-corrected chi connectivity index (χ0v) is 9.55. The van der Waals surface area contributed by atoms with Crippen LogP contribution in [0.4, 0.5) is 11.4 Å². The van der Waals surface area contributed by atoms with Crippen LogP contribution in [-0.2, 0) is 4.79 Å². The maximum atomic E-state index is 11.0. The van der Waals surface area contributed by atoms with E-state index in [-0.39, 0.29) is 0 Å². The first-order valence-electron chi connectivity index (χ1n) is 5.41. The Balaban J connectivity index is 2.38. The average Bonchev–Trinajstić information content (AvgIpc) is 2.29. The van der Waals surface area contributed by atoms with Crippen molar-refractivity contribution in [1.82, 2.24) is 0 Å². The van der Waals surface area contributed by atoms with Gasteiger partial charge in [0.15, 0.2) is 0 Å². The molecule has 1 aromatic rings. The first kappa shape index (κ1) is 10.8. The number of carboxylic acid groups (broad SMARTS) is 1. The van der Waals surface area contributed by atoms with Gasteiger partial charge < -0.3 is 14.9 Å². The fourth-order valence-electron chi connectivity index (χ4n) is 2.06. The zero-order valence-electron chi connectivity index (χ0n) is 9.55. The van der Waals surface area contributed by atoms with Crippen molar-refractivity contribution in [1.29, 1.82) is 0 Å². The van der Waals surface area contributed by atoms with Gasteiger partial charge in [0.05, 0.1) is 11.4 Å². The van der Waals surface area contributed by atoms with E-state index in [0.717, 1.165) is 24.5 Å². The van der Waals surface area contributed by atoms with Crippen LogP contribution in [0.3, 0.4) is 0 Å². The van der Waals surface area contributed by atoms with E-state index in [1.165, 1.54) is 0 Å². The molecule has 0 aromatic heterocycles. The molecular weight excluding hydrogens is 204 g/mol. The molecule has 1 unspecified atom stereocenters. The molecule has 1 atom stereocenters. The third kappa shape index (κ3) is 1.71. The molecule has 0 spiro atoms. The molecule has 1 aliphatic rings. The molecule has 0 aliphatic carbocycles. The summed E-state index contributed by atoms with van der Waals surface area (Å²) in [6.07, 6.45) is 0. The largest absolute Gasteiger partial charge is 0.480 e. The predicted octanol–water partition coefficient (Wildman–Crippen LogP) is 1.42. The Labute approximate surface area is 95.1 Å². The summed E-state index contributed by atoms with van der Waals surface area (Å²) in [6, 6.07) is 7.44. The molecular formula is C12H16N2O2. The highest BCUT2D eigenvalue weighted by Crippen LogP contribution is 2.32. The second kappa shape index (κ2) is 4.04. The second-order valence-corrected chi connectivity index (χ2v) is 4.12. The Morgan fingerprint density at radius 1 is 1.31 bits per heavy atom. The standard InChI is InChI=1S/C12H16N2O2/c1-9(12(15)16)14-8-7-13(2)10-5-3-4-6-11(10)14/h3-6,9H,7-8H2,1-2H3,(H,15,16). The summed E-state index contributed by atoms with van der Waals surface area (Å²) in [5.74, 6) is -0.778. The quantitative estimate of drug-likeness (QED) is 0.818. The molecule has 0 radical (unpaired) electrons. The summed E-state index contributed by atoms with van der Waals surface area (Å²) in [5, 5.41) is 9.07. The van der Waals surface area contributed by atoms with Gasteiger partial charge in [0, 0.05) is 20.1 Å². The maximum absolute atomic E-state index is 11.0. The molecule has 4 nitrogen and oxygen atoms in total. The fourth-order valence-corrected chi connectivity index (χ4v) is 2.06. The van der Waals surface area contributed by atoms with Crippen LogP contribution in [0.15, 0.2) is 24.3 Å². The molecule has 1 aliphatic heterocycles. The van der Waals surface area contributed by atoms with Crippen molar-refractivity contribution in [2.75, 3.05) is 29.9 Å². The van der Waals surface area contributed by atoms with Crippen molar-refractivity contribution >= 4 is 17.3 Å². The Bertz CT molecular complexity index is 406. The van der Waals surface area contributed by atoms with Crippen LogP contribution in [-0.4, -0.2) is 37.3 Å². The molecule has 2 rings (SSSR count). The zero-order chi connectivity index (χ0) is 11.7. The number of hydrogen-bond acceptors (Lipinski definition) is 3. The lowest BCUT2D eigenvalue weighted by atomic mass is 10.1. The molecule has 0 bridgehead atoms. The molecule has 86 valence electrons. The summed E-state index contributed by atoms with van der Waals surface area (Å²) in [4.78, 5) is 15.1. The van der Waals surface area contributed by atoms with E-state index >= 15 is 0 Å². The topological polar surface area (TPSA) is 43.8 Å². The fraction of sp³-hybridized carbons (Fsp3) is 0.417. The van der Waals surface area contributed by atoms with Crippen molar-refractivity contribution in [2.24, 2.45) is 0 Å². The molecule has 1 N–H and O–H groups in total. The van der Waals surface area contributed by atoms with Gasteiger partial charge in [-0.15, -0.1) is 0 Å². The number of benzene rings is 1. The van der Waals surface area contributed by atoms with E-state index in [9.17, 15) is 4.79 Å². The van der Waals surface area contributed by atoms with Gasteiger partial charge in [-0.2, -0.15) is 0 Å². The van der Waals surface area contributed by atoms with Crippen LogP contribution >= 0.6 is 0 Å². The van der Waals surface area contributed by atoms with Gasteiger partial charge in [-0.05, 0) is 19.1 Å². The van der Waals surface area contributed by atoms with Gasteiger partial charge in [-0.1, -0.05) is 12.1 Å². The number of hydrogen-bond donors (Lipinski definition) is 1. The number of aliphatic carboxylic acids is 1. The third-order valence-corrected chi connectivity index (χ3v) is 3.10. The summed E-state index contributed by atoms with van der Waals surface area (Å²) >= 11 is 0. The Kier molecular flexibility index (Phi) is 2.73. The number of rotatable bonds is 2. The minimum absolute atomic E-state index is 0.477. The Morgan fingerprint density at radius 3 is 2.56 bits per heavy atom. The number of fused-ring (bicyclic) bond motifs is 1. The molecule has 0 saturated heterocycles. The summed E-state index contributed by atoms with van der Waals surface area (Å²) in [6.45, 7) is 3.33. The second-order valence-electron chi connectivity index (χ2n) is 4.12. The Hall–Kier alpha value is -1.71. The molecule has 0 amide bonds. The lowest BCUT2D eigenvalue weighted by Gasteiger charge is -2.38. The average molecular weight is 220 g/mol. The van der Waals surface area contributed by atoms with Gasteiger partial charge >= 0.3 is 5.97 Å². The van der Waals surface area contributed by atoms with Crippen LogP contribution in [0, 0.1) is 0 Å². The van der Waals surface area contributed by atoms with Crippen LogP contribution in [0.1, 0.15) is 6.92 Å². The van der Waals surface area contributed by atoms with Crippen molar-refractivity contribution < 1.29 is 9.90 Å². The van der Waals surface area contributed by atoms with Gasteiger partial charge in [0.25, 0.3) is 0 Å². The minimum atomic E-state index is -0.778. The van der Waals surface area contributed by atoms with Gasteiger partial charge in [-0.25, -0.2) is 4.79 Å². The molecule has 1 aromatic carbocycles. The number of para-hydroxylation sites is 2. The first-order chi connectivity index (χ1) is 7.61. The number of carbonyl (C=O) groups is 1. The summed E-state index contributed by atoms with van der Waals surface area (Å²) < 4.78 is 0. The number of likely N-dealkylation sites (N-methyl/N-ethyl adjacent to an activating group) is 1. The number of carboxylic acids is 1. The maximum Gasteiger partial charge on any atom is 0.326 e. The lowest BCUT2D eigenvalue weighted by molar-refractivity contribution is -0.138. The Morgan fingerprint density at radius 2 is 1.94 bits per heavy atom. The molecule has 4 heteroatoms. The van der Waals surface area contributed by atoms with Crippen LogP contribution in [0.2, 0.25) is 0 Å². The number of nitrogens with zero attached hydrogens (tertiary/aromatic N) is 2. The smallest absolute Gasteiger partial charge is 0.326 e. The van der Waals surface area contributed by atoms with E-state index in [4.69, 9.17) is 5.11 Å². The van der Waals surface area contributed by atoms with Gasteiger partial charge in [0.1, 0.15) is 6.04 Å². The molecule has 16 heavy (non-hydrogen) atoms. The van der Waals surface area contributed by atoms with E-state index < -0.39 is 12.0 Å². The monoisotopic (exact) mass is 220 g/mol. The van der Waals surface area contributed by atoms with Crippen LogP contribution < -0.4 is 9.80 Å². The highest BCUT2D eigenvalue weighted by Gasteiger charge is 2.27. The highest BCUT2D eigenvalue weighted by atomic mass is 16.4. The summed E-state index contributed by atoms with van der Waals surface area (Å²) in [7, 11) is 2.03. The normalized spacial score (nSPS) is 16.9. The minimum Gasteiger partial charge on any atom is -0.480 e. The first-order valence-corrected chi connectivity index (χ1v) is 5.41. The van der Waals surface area contributed by atoms with Gasteiger partial charge in [-0.3, -0.25) is 0 Å². The summed E-state index contributed by atoms with van der Waals surface area (Å²) in [5.41, 5.74) is 2.10. The highest BCUT2D eigenvalue weighted by molar-refractivity contribution is 5.82. The SMILES string of the molecule is CC(C(=O)O)N1CCN(C)c2ccccc21. The van der Waals surface area contributed by atoms with Crippen molar-refractivity contribution in [3.63, 3.8) is 0 Å². The van der Waals surface area contributed by atoms with E-state index in [1.54, 1.807) is 6.92 Å². The van der Waals surface area contributed by atoms with E-state index in [0.29, 0.717) is 0 Å². The van der Waals surface area contributed by atoms with E-state index in [2.05, 4.69) is 4.90 Å². The third-order valence-electron chi connectivity index (χ3n) is 3.10. The number of anilines is 2.